The Morgan fingerprint density at radius 3 is 2.50 bits per heavy atom. The van der Waals surface area contributed by atoms with Crippen LogP contribution in [0.2, 0.25) is 0 Å². The molecule has 5 aromatic rings. The molecule has 4 aromatic carbocycles. The summed E-state index contributed by atoms with van der Waals surface area (Å²) in [6.07, 6.45) is 0.939. The van der Waals surface area contributed by atoms with Gasteiger partial charge in [-0.15, -0.1) is 0 Å². The Balaban J connectivity index is 1.45. The summed E-state index contributed by atoms with van der Waals surface area (Å²) in [7, 11) is 0. The van der Waals surface area contributed by atoms with Crippen LogP contribution in [-0.4, -0.2) is 21.9 Å². The zero-order valence-corrected chi connectivity index (χ0v) is 19.7. The summed E-state index contributed by atoms with van der Waals surface area (Å²) in [5.74, 6) is -1.03. The van der Waals surface area contributed by atoms with Gasteiger partial charge in [-0.3, -0.25) is 0 Å². The van der Waals surface area contributed by atoms with Crippen LogP contribution in [0.4, 0.5) is 0 Å². The van der Waals surface area contributed by atoms with Crippen molar-refractivity contribution >= 4 is 39.7 Å². The van der Waals surface area contributed by atoms with Gasteiger partial charge in [0.05, 0.1) is 0 Å². The molecule has 0 saturated carbocycles. The van der Waals surface area contributed by atoms with Crippen molar-refractivity contribution < 1.29 is 14.3 Å². The summed E-state index contributed by atoms with van der Waals surface area (Å²) in [6, 6.07) is 31.4. The van der Waals surface area contributed by atoms with Crippen molar-refractivity contribution in [3.63, 3.8) is 0 Å². The van der Waals surface area contributed by atoms with E-state index in [1.54, 1.807) is 18.9 Å². The lowest BCUT2D eigenvalue weighted by Crippen LogP contribution is -2.18. The first kappa shape index (κ1) is 22.3. The van der Waals surface area contributed by atoms with Crippen molar-refractivity contribution in [1.29, 1.82) is 0 Å². The van der Waals surface area contributed by atoms with Gasteiger partial charge in [0.2, 0.25) is 5.76 Å². The number of hydrogen-bond donors (Lipinski definition) is 1. The van der Waals surface area contributed by atoms with Crippen LogP contribution >= 0.6 is 11.9 Å². The standard InChI is InChI=1S/C29H25NO3S/c1-20-26-18-24(14-15-27(26)33-28(20)29(31)32)34-30(17-16-21-8-3-2-4-9-21)19-23-12-7-11-22-10-5-6-13-25(22)23/h2-15,18H,16-17,19H2,1H3,(H,31,32). The number of rotatable bonds is 8. The third-order valence-corrected chi connectivity index (χ3v) is 7.09. The Kier molecular flexibility index (Phi) is 6.39. The average Bonchev–Trinajstić information content (AvgIpc) is 3.19. The highest BCUT2D eigenvalue weighted by molar-refractivity contribution is 7.97. The zero-order valence-electron chi connectivity index (χ0n) is 18.9. The maximum Gasteiger partial charge on any atom is 0.372 e. The van der Waals surface area contributed by atoms with Gasteiger partial charge in [0.25, 0.3) is 0 Å². The lowest BCUT2D eigenvalue weighted by molar-refractivity contribution is 0.0664. The van der Waals surface area contributed by atoms with E-state index in [0.29, 0.717) is 11.1 Å². The molecule has 170 valence electrons. The zero-order chi connectivity index (χ0) is 23.5. The van der Waals surface area contributed by atoms with Crippen molar-refractivity contribution in [1.82, 2.24) is 4.31 Å². The van der Waals surface area contributed by atoms with E-state index in [9.17, 15) is 9.90 Å². The smallest absolute Gasteiger partial charge is 0.372 e. The summed E-state index contributed by atoms with van der Waals surface area (Å²) in [4.78, 5) is 12.5. The van der Waals surface area contributed by atoms with E-state index < -0.39 is 5.97 Å². The molecule has 0 bridgehead atoms. The topological polar surface area (TPSA) is 53.7 Å². The van der Waals surface area contributed by atoms with Crippen molar-refractivity contribution in [3.8, 4) is 0 Å². The van der Waals surface area contributed by atoms with E-state index in [1.807, 2.05) is 24.3 Å². The number of carboxylic acid groups (broad SMARTS) is 1. The summed E-state index contributed by atoms with van der Waals surface area (Å²) < 4.78 is 7.93. The quantitative estimate of drug-likeness (QED) is 0.242. The van der Waals surface area contributed by atoms with Crippen molar-refractivity contribution in [2.24, 2.45) is 0 Å². The summed E-state index contributed by atoms with van der Waals surface area (Å²) in [5.41, 5.74) is 3.85. The highest BCUT2D eigenvalue weighted by Gasteiger charge is 2.18. The lowest BCUT2D eigenvalue weighted by atomic mass is 10.0. The summed E-state index contributed by atoms with van der Waals surface area (Å²) in [6.45, 7) is 3.47. The number of fused-ring (bicyclic) bond motifs is 2. The molecule has 0 saturated heterocycles. The Morgan fingerprint density at radius 1 is 0.912 bits per heavy atom. The Morgan fingerprint density at radius 2 is 1.68 bits per heavy atom. The second-order valence-corrected chi connectivity index (χ2v) is 9.52. The molecule has 5 heteroatoms. The lowest BCUT2D eigenvalue weighted by Gasteiger charge is -2.22. The largest absolute Gasteiger partial charge is 0.475 e. The fourth-order valence-corrected chi connectivity index (χ4v) is 5.27. The van der Waals surface area contributed by atoms with Crippen molar-refractivity contribution in [2.45, 2.75) is 24.8 Å². The number of nitrogens with zero attached hydrogens (tertiary/aromatic N) is 1. The molecule has 0 spiro atoms. The van der Waals surface area contributed by atoms with Gasteiger partial charge in [0.1, 0.15) is 5.58 Å². The normalized spacial score (nSPS) is 11.5. The molecule has 4 nitrogen and oxygen atoms in total. The number of aryl methyl sites for hydroxylation is 1. The molecular weight excluding hydrogens is 442 g/mol. The van der Waals surface area contributed by atoms with Gasteiger partial charge in [-0.05, 0) is 65.4 Å². The first-order valence-electron chi connectivity index (χ1n) is 11.3. The van der Waals surface area contributed by atoms with E-state index in [2.05, 4.69) is 71.0 Å². The summed E-state index contributed by atoms with van der Waals surface area (Å²) in [5, 5.41) is 12.8. The van der Waals surface area contributed by atoms with Crippen LogP contribution in [0.1, 0.15) is 27.2 Å². The van der Waals surface area contributed by atoms with Crippen molar-refractivity contribution in [2.75, 3.05) is 6.54 Å². The predicted octanol–water partition coefficient (Wildman–Crippen LogP) is 7.34. The fraction of sp³-hybridized carbons (Fsp3) is 0.138. The number of carbonyl (C=O) groups is 1. The molecule has 1 heterocycles. The molecule has 0 fully saturated rings. The van der Waals surface area contributed by atoms with Gasteiger partial charge in [-0.2, -0.15) is 0 Å². The Bertz CT molecular complexity index is 1450. The number of aromatic carboxylic acids is 1. The molecule has 1 N–H and O–H groups in total. The minimum Gasteiger partial charge on any atom is -0.475 e. The van der Waals surface area contributed by atoms with E-state index in [0.717, 1.165) is 29.8 Å². The molecule has 34 heavy (non-hydrogen) atoms. The number of carboxylic acids is 1. The summed E-state index contributed by atoms with van der Waals surface area (Å²) >= 11 is 1.70. The van der Waals surface area contributed by atoms with Crippen LogP contribution in [0.5, 0.6) is 0 Å². The van der Waals surface area contributed by atoms with E-state index >= 15 is 0 Å². The monoisotopic (exact) mass is 467 g/mol. The molecule has 0 amide bonds. The number of furan rings is 1. The molecule has 0 aliphatic carbocycles. The van der Waals surface area contributed by atoms with Crippen LogP contribution in [0, 0.1) is 6.92 Å². The highest BCUT2D eigenvalue weighted by atomic mass is 32.2. The maximum absolute atomic E-state index is 11.5. The molecule has 0 radical (unpaired) electrons. The third kappa shape index (κ3) is 4.72. The molecule has 0 unspecified atom stereocenters. The van der Waals surface area contributed by atoms with Gasteiger partial charge in [0.15, 0.2) is 0 Å². The van der Waals surface area contributed by atoms with Crippen LogP contribution in [0.25, 0.3) is 21.7 Å². The van der Waals surface area contributed by atoms with Gasteiger partial charge in [0, 0.05) is 28.9 Å². The second kappa shape index (κ2) is 9.75. The second-order valence-electron chi connectivity index (χ2n) is 8.35. The molecule has 0 aliphatic heterocycles. The third-order valence-electron chi connectivity index (χ3n) is 6.06. The molecule has 0 aliphatic rings. The van der Waals surface area contributed by atoms with Crippen molar-refractivity contribution in [3.05, 3.63) is 113 Å². The fourth-order valence-electron chi connectivity index (χ4n) is 4.29. The Hall–Kier alpha value is -3.54. The predicted molar refractivity (Wildman–Crippen MR) is 138 cm³/mol. The Labute approximate surface area is 203 Å². The first-order chi connectivity index (χ1) is 16.6. The molecule has 1 aromatic heterocycles. The molecule has 5 rings (SSSR count). The average molecular weight is 468 g/mol. The highest BCUT2D eigenvalue weighted by Crippen LogP contribution is 2.33. The van der Waals surface area contributed by atoms with Gasteiger partial charge >= 0.3 is 5.97 Å². The van der Waals surface area contributed by atoms with E-state index in [1.165, 1.54) is 21.9 Å². The van der Waals surface area contributed by atoms with E-state index in [-0.39, 0.29) is 5.76 Å². The van der Waals surface area contributed by atoms with Gasteiger partial charge in [-0.1, -0.05) is 72.8 Å². The van der Waals surface area contributed by atoms with Gasteiger partial charge < -0.3 is 9.52 Å². The molecule has 0 atom stereocenters. The van der Waals surface area contributed by atoms with Crippen LogP contribution in [0.15, 0.2) is 100 Å². The maximum atomic E-state index is 11.5. The number of hydrogen-bond acceptors (Lipinski definition) is 4. The van der Waals surface area contributed by atoms with E-state index in [4.69, 9.17) is 4.42 Å². The first-order valence-corrected chi connectivity index (χ1v) is 12.1. The van der Waals surface area contributed by atoms with Gasteiger partial charge in [-0.25, -0.2) is 9.10 Å². The van der Waals surface area contributed by atoms with Crippen LogP contribution in [-0.2, 0) is 13.0 Å². The SMILES string of the molecule is Cc1c(C(=O)O)oc2ccc(SN(CCc3ccccc3)Cc3cccc4ccccc34)cc12. The van der Waals surface area contributed by atoms with Crippen LogP contribution in [0.3, 0.4) is 0 Å². The minimum absolute atomic E-state index is 0.00818. The number of benzene rings is 4. The molecular formula is C29H25NO3S. The van der Waals surface area contributed by atoms with Crippen LogP contribution < -0.4 is 0 Å². The minimum atomic E-state index is -1.04.